The number of pyridine rings is 3. The number of nitrogens with one attached hydrogen (secondary N) is 4. The number of amides is 1. The third kappa shape index (κ3) is 7.86. The van der Waals surface area contributed by atoms with E-state index in [-0.39, 0.29) is 29.3 Å². The first-order valence-electron chi connectivity index (χ1n) is 14.5. The second-order valence-electron chi connectivity index (χ2n) is 10.7. The predicted molar refractivity (Wildman–Crippen MR) is 173 cm³/mol. The lowest BCUT2D eigenvalue weighted by atomic mass is 10.1. The van der Waals surface area contributed by atoms with Gasteiger partial charge in [0.15, 0.2) is 11.6 Å². The smallest absolute Gasteiger partial charge is 0.220 e. The molecule has 4 aromatic rings. The number of halogens is 3. The van der Waals surface area contributed by atoms with Gasteiger partial charge in [-0.2, -0.15) is 0 Å². The molecule has 0 unspecified atom stereocenters. The Morgan fingerprint density at radius 2 is 1.84 bits per heavy atom. The molecule has 3 aromatic heterocycles. The fraction of sp³-hybridized carbons (Fsp3) is 0.312. The lowest BCUT2D eigenvalue weighted by Gasteiger charge is -2.16. The van der Waals surface area contributed by atoms with Crippen molar-refractivity contribution in [3.05, 3.63) is 81.8 Å². The molecule has 45 heavy (non-hydrogen) atoms. The van der Waals surface area contributed by atoms with Gasteiger partial charge in [0.25, 0.3) is 0 Å². The van der Waals surface area contributed by atoms with Crippen molar-refractivity contribution in [2.75, 3.05) is 25.5 Å². The van der Waals surface area contributed by atoms with Gasteiger partial charge >= 0.3 is 0 Å². The minimum atomic E-state index is -0.550. The molecular formula is C32H34Cl2FN7O3. The van der Waals surface area contributed by atoms with E-state index >= 15 is 4.39 Å². The minimum Gasteiger partial charge on any atom is -0.481 e. The van der Waals surface area contributed by atoms with Crippen LogP contribution in [0, 0.1) is 5.82 Å². The van der Waals surface area contributed by atoms with Crippen LogP contribution in [0.25, 0.3) is 22.5 Å². The number of aliphatic hydroxyl groups is 1. The summed E-state index contributed by atoms with van der Waals surface area (Å²) >= 11 is 13.7. The summed E-state index contributed by atoms with van der Waals surface area (Å²) in [7, 11) is 1.56. The summed E-state index contributed by atoms with van der Waals surface area (Å²) in [6.07, 6.45) is 3.95. The maximum Gasteiger partial charge on any atom is 0.220 e. The molecule has 10 nitrogen and oxygen atoms in total. The van der Waals surface area contributed by atoms with Crippen molar-refractivity contribution in [3.63, 3.8) is 0 Å². The number of rotatable bonds is 13. The molecule has 1 saturated heterocycles. The molecule has 1 aromatic carbocycles. The molecule has 0 saturated carbocycles. The van der Waals surface area contributed by atoms with Crippen LogP contribution < -0.4 is 26.0 Å². The summed E-state index contributed by atoms with van der Waals surface area (Å²) < 4.78 is 20.8. The first kappa shape index (κ1) is 32.5. The van der Waals surface area contributed by atoms with Crippen LogP contribution in [0.15, 0.2) is 54.9 Å². The average Bonchev–Trinajstić information content (AvgIpc) is 3.45. The van der Waals surface area contributed by atoms with E-state index in [1.54, 1.807) is 50.6 Å². The van der Waals surface area contributed by atoms with Crippen LogP contribution in [-0.4, -0.2) is 58.3 Å². The molecule has 4 heterocycles. The summed E-state index contributed by atoms with van der Waals surface area (Å²) in [6.45, 7) is 3.38. The number of hydrogen-bond donors (Lipinski definition) is 5. The van der Waals surface area contributed by atoms with Gasteiger partial charge in [0.1, 0.15) is 0 Å². The minimum absolute atomic E-state index is 0.0112. The van der Waals surface area contributed by atoms with Crippen LogP contribution >= 0.6 is 23.2 Å². The lowest BCUT2D eigenvalue weighted by Crippen LogP contribution is -2.35. The van der Waals surface area contributed by atoms with Crippen LogP contribution in [0.2, 0.25) is 10.0 Å². The van der Waals surface area contributed by atoms with Crippen LogP contribution in [0.1, 0.15) is 30.9 Å². The zero-order valence-electron chi connectivity index (χ0n) is 24.8. The molecule has 5 N–H and O–H groups in total. The number of benzene rings is 1. The standard InChI is InChI=1S/C32H34Cl2FN7O3/c1-18(43)14-36-15-19-10-12-39-31(29(19)35)41-25-5-3-4-23(27(25)33)30-28(34)22(11-13-38-30)24-8-6-20(32(42-24)45-2)16-37-17-21-7-9-26(44)40-21/h3-6,8,10-13,18,21,36-37,43H,7,9,14-17H2,1-2H3,(H,39,41)(H,40,44)/t18-,21-/m0/s1. The Bertz CT molecular complexity index is 1670. The second kappa shape index (κ2) is 14.9. The maximum absolute atomic E-state index is 15.2. The molecule has 1 aliphatic heterocycles. The van der Waals surface area contributed by atoms with E-state index in [2.05, 4.69) is 31.2 Å². The van der Waals surface area contributed by atoms with Gasteiger partial charge in [-0.05, 0) is 37.6 Å². The van der Waals surface area contributed by atoms with Crippen molar-refractivity contribution in [2.45, 2.75) is 45.0 Å². The van der Waals surface area contributed by atoms with E-state index in [9.17, 15) is 9.90 Å². The molecule has 1 fully saturated rings. The third-order valence-electron chi connectivity index (χ3n) is 7.32. The van der Waals surface area contributed by atoms with Crippen molar-refractivity contribution in [1.29, 1.82) is 0 Å². The quantitative estimate of drug-likeness (QED) is 0.131. The Balaban J connectivity index is 1.36. The number of ether oxygens (including phenoxy) is 1. The average molecular weight is 655 g/mol. The third-order valence-corrected chi connectivity index (χ3v) is 8.11. The van der Waals surface area contributed by atoms with Crippen LogP contribution in [-0.2, 0) is 17.9 Å². The zero-order chi connectivity index (χ0) is 31.9. The lowest BCUT2D eigenvalue weighted by molar-refractivity contribution is -0.119. The van der Waals surface area contributed by atoms with E-state index in [1.165, 1.54) is 6.20 Å². The highest BCUT2D eigenvalue weighted by Crippen LogP contribution is 2.40. The van der Waals surface area contributed by atoms with Gasteiger partial charge in [-0.25, -0.2) is 14.4 Å². The number of carbonyl (C=O) groups is 1. The van der Waals surface area contributed by atoms with Gasteiger partial charge in [0, 0.05) is 73.3 Å². The van der Waals surface area contributed by atoms with Crippen molar-refractivity contribution >= 4 is 40.6 Å². The number of aromatic nitrogens is 3. The SMILES string of the molecule is COc1nc(-c2ccnc(-c3cccc(Nc4nccc(CNC[C@H](C)O)c4F)c3Cl)c2Cl)ccc1CNC[C@@H]1CCC(=O)N1. The Hall–Kier alpha value is -3.87. The van der Waals surface area contributed by atoms with Crippen molar-refractivity contribution in [1.82, 2.24) is 30.9 Å². The summed E-state index contributed by atoms with van der Waals surface area (Å²) in [4.78, 5) is 24.8. The summed E-state index contributed by atoms with van der Waals surface area (Å²) in [5.41, 5.74) is 3.86. The Labute approximate surface area is 270 Å². The number of carbonyl (C=O) groups excluding carboxylic acids is 1. The summed E-state index contributed by atoms with van der Waals surface area (Å²) in [5, 5.41) is 22.4. The summed E-state index contributed by atoms with van der Waals surface area (Å²) in [6, 6.07) is 12.5. The largest absolute Gasteiger partial charge is 0.481 e. The van der Waals surface area contributed by atoms with E-state index in [1.807, 2.05) is 12.1 Å². The molecule has 2 atom stereocenters. The van der Waals surface area contributed by atoms with Gasteiger partial charge < -0.3 is 31.1 Å². The van der Waals surface area contributed by atoms with Crippen molar-refractivity contribution in [2.24, 2.45) is 0 Å². The van der Waals surface area contributed by atoms with Gasteiger partial charge in [-0.15, -0.1) is 0 Å². The molecule has 0 spiro atoms. The van der Waals surface area contributed by atoms with E-state index in [0.717, 1.165) is 12.0 Å². The van der Waals surface area contributed by atoms with Crippen LogP contribution in [0.3, 0.4) is 0 Å². The highest BCUT2D eigenvalue weighted by atomic mass is 35.5. The predicted octanol–water partition coefficient (Wildman–Crippen LogP) is 5.24. The second-order valence-corrected chi connectivity index (χ2v) is 11.5. The van der Waals surface area contributed by atoms with Crippen LogP contribution in [0.5, 0.6) is 5.88 Å². The molecule has 13 heteroatoms. The highest BCUT2D eigenvalue weighted by molar-refractivity contribution is 6.39. The molecule has 0 radical (unpaired) electrons. The number of hydrogen-bond acceptors (Lipinski definition) is 9. The monoisotopic (exact) mass is 653 g/mol. The Kier molecular flexibility index (Phi) is 10.8. The van der Waals surface area contributed by atoms with Crippen molar-refractivity contribution in [3.8, 4) is 28.4 Å². The van der Waals surface area contributed by atoms with Gasteiger partial charge in [0.2, 0.25) is 11.8 Å². The van der Waals surface area contributed by atoms with Gasteiger partial charge in [0.05, 0.1) is 40.3 Å². The number of anilines is 2. The molecule has 1 aliphatic rings. The number of methoxy groups -OCH3 is 1. The first-order valence-corrected chi connectivity index (χ1v) is 15.3. The number of aliphatic hydroxyl groups excluding tert-OH is 1. The van der Waals surface area contributed by atoms with E-state index < -0.39 is 11.9 Å². The number of nitrogens with zero attached hydrogens (tertiary/aromatic N) is 3. The van der Waals surface area contributed by atoms with Crippen LogP contribution in [0.4, 0.5) is 15.9 Å². The fourth-order valence-electron chi connectivity index (χ4n) is 5.03. The molecular weight excluding hydrogens is 620 g/mol. The molecule has 236 valence electrons. The first-order chi connectivity index (χ1) is 21.7. The molecule has 0 bridgehead atoms. The zero-order valence-corrected chi connectivity index (χ0v) is 26.3. The highest BCUT2D eigenvalue weighted by Gasteiger charge is 2.21. The van der Waals surface area contributed by atoms with E-state index in [0.29, 0.717) is 70.7 Å². The van der Waals surface area contributed by atoms with Gasteiger partial charge in [-0.3, -0.25) is 9.78 Å². The normalized spacial score (nSPS) is 15.2. The molecule has 1 amide bonds. The topological polar surface area (TPSA) is 133 Å². The Morgan fingerprint density at radius 3 is 2.60 bits per heavy atom. The molecule has 0 aliphatic carbocycles. The Morgan fingerprint density at radius 1 is 1.04 bits per heavy atom. The fourth-order valence-corrected chi connectivity index (χ4v) is 5.61. The van der Waals surface area contributed by atoms with E-state index in [4.69, 9.17) is 32.9 Å². The summed E-state index contributed by atoms with van der Waals surface area (Å²) in [5.74, 6) is 0.0148. The molecule has 5 rings (SSSR count). The van der Waals surface area contributed by atoms with Crippen molar-refractivity contribution < 1.29 is 19.0 Å². The maximum atomic E-state index is 15.2. The van der Waals surface area contributed by atoms with Gasteiger partial charge in [-0.1, -0.05) is 41.4 Å².